The largest absolute Gasteiger partial charge is 0.459 e. The van der Waals surface area contributed by atoms with E-state index in [9.17, 15) is 15.0 Å². The Morgan fingerprint density at radius 2 is 1.62 bits per heavy atom. The summed E-state index contributed by atoms with van der Waals surface area (Å²) in [5.74, 6) is -1.11. The number of oxime groups is 1. The molecular weight excluding hydrogens is 907 g/mol. The van der Waals surface area contributed by atoms with Crippen LogP contribution in [0.3, 0.4) is 0 Å². The summed E-state index contributed by atoms with van der Waals surface area (Å²) >= 11 is 0. The summed E-state index contributed by atoms with van der Waals surface area (Å²) in [5.41, 5.74) is 3.62. The molecule has 392 valence electrons. The van der Waals surface area contributed by atoms with Crippen LogP contribution in [0.2, 0.25) is 0 Å². The normalized spacial score (nSPS) is 24.9. The number of nitrogens with zero attached hydrogens (tertiary/aromatic N) is 2. The van der Waals surface area contributed by atoms with Crippen molar-refractivity contribution in [1.29, 1.82) is 0 Å². The second-order valence-electron chi connectivity index (χ2n) is 21.1. The molecule has 2 saturated carbocycles. The van der Waals surface area contributed by atoms with Crippen molar-refractivity contribution in [1.82, 2.24) is 10.2 Å². The number of aliphatic hydroxyl groups is 2. The molecular formula is C60H83N3O9. The van der Waals surface area contributed by atoms with Gasteiger partial charge in [0.2, 0.25) is 18.0 Å². The highest BCUT2D eigenvalue weighted by Crippen LogP contribution is 2.62. The van der Waals surface area contributed by atoms with Crippen LogP contribution in [0.25, 0.3) is 10.8 Å². The van der Waals surface area contributed by atoms with E-state index in [4.69, 9.17) is 28.9 Å². The zero-order valence-corrected chi connectivity index (χ0v) is 43.1. The van der Waals surface area contributed by atoms with E-state index in [1.807, 2.05) is 29.2 Å². The molecule has 7 unspecified atom stereocenters. The van der Waals surface area contributed by atoms with Crippen LogP contribution in [0, 0.1) is 23.7 Å². The minimum Gasteiger partial charge on any atom is -0.459 e. The lowest BCUT2D eigenvalue weighted by Gasteiger charge is -2.60. The number of fused-ring (bicyclic) bond motifs is 3. The predicted octanol–water partition coefficient (Wildman–Crippen LogP) is 12.4. The number of nitrogens with one attached hydrogen (secondary N) is 1. The van der Waals surface area contributed by atoms with Crippen molar-refractivity contribution in [3.05, 3.63) is 96.1 Å². The van der Waals surface area contributed by atoms with Gasteiger partial charge in [-0.25, -0.2) is 4.79 Å². The van der Waals surface area contributed by atoms with Crippen LogP contribution < -0.4 is 14.8 Å². The summed E-state index contributed by atoms with van der Waals surface area (Å²) in [6.45, 7) is 8.20. The van der Waals surface area contributed by atoms with E-state index in [0.717, 1.165) is 110 Å². The van der Waals surface area contributed by atoms with E-state index in [-0.39, 0.29) is 49.4 Å². The number of rotatable bonds is 29. The van der Waals surface area contributed by atoms with E-state index in [1.54, 1.807) is 12.1 Å². The average Bonchev–Trinajstić information content (AvgIpc) is 4.26. The van der Waals surface area contributed by atoms with E-state index in [1.165, 1.54) is 44.9 Å². The van der Waals surface area contributed by atoms with Gasteiger partial charge in [0, 0.05) is 56.5 Å². The molecule has 3 aromatic carbocycles. The Kier molecular flexibility index (Phi) is 20.1. The maximum atomic E-state index is 15.2. The first kappa shape index (κ1) is 53.5. The predicted molar refractivity (Wildman–Crippen MR) is 283 cm³/mol. The number of hydrogen-bond donors (Lipinski definition) is 3. The van der Waals surface area contributed by atoms with Crippen molar-refractivity contribution < 1.29 is 43.6 Å². The first-order valence-electron chi connectivity index (χ1n) is 28.0. The first-order chi connectivity index (χ1) is 35.4. The van der Waals surface area contributed by atoms with Gasteiger partial charge in [0.05, 0.1) is 24.8 Å². The Bertz CT molecular complexity index is 2280. The Hall–Kier alpha value is -4.75. The standard InChI is InChI=1S/C60H83N3O9/c1-3-5-6-7-8-9-10-11-12-18-34-61-59(67)70-47-32-33-53-51(40-47)56-49(28-16-20-36-65)45(24-15-19-35-64)39-50-52(62-72-55-29-17-21-38-68-55)41-54(60(71-53,57(50)56)69-37-4-2)63(58(66)44-30-31-44)42-46-26-22-25-43-23-13-14-27-48(43)46/h4,13-14,22-23,25-27,32-33,39-40,44-45,49,54-57,64-65H,2-3,5-12,15-21,24,28-31,34-38,41-42H2,1H3,(H,61,67). The van der Waals surface area contributed by atoms with Crippen molar-refractivity contribution in [2.45, 2.75) is 179 Å². The Balaban J connectivity index is 1.19. The molecule has 7 atom stereocenters. The maximum Gasteiger partial charge on any atom is 0.412 e. The van der Waals surface area contributed by atoms with Gasteiger partial charge in [0.25, 0.3) is 0 Å². The van der Waals surface area contributed by atoms with Gasteiger partial charge < -0.3 is 44.2 Å². The van der Waals surface area contributed by atoms with Crippen LogP contribution in [0.15, 0.2) is 90.1 Å². The number of carbonyl (C=O) groups excluding carboxylic acids is 2. The summed E-state index contributed by atoms with van der Waals surface area (Å²) < 4.78 is 27.0. The van der Waals surface area contributed by atoms with E-state index >= 15 is 4.79 Å². The van der Waals surface area contributed by atoms with Crippen LogP contribution in [0.5, 0.6) is 11.5 Å². The molecule has 0 aromatic heterocycles. The number of benzene rings is 3. The van der Waals surface area contributed by atoms with E-state index in [2.05, 4.69) is 55.2 Å². The highest BCUT2D eigenvalue weighted by molar-refractivity contribution is 6.03. The maximum absolute atomic E-state index is 15.2. The molecule has 5 aliphatic rings. The second kappa shape index (κ2) is 27.0. The molecule has 12 nitrogen and oxygen atoms in total. The summed E-state index contributed by atoms with van der Waals surface area (Å²) in [6, 6.07) is 19.6. The number of aliphatic hydroxyl groups excluding tert-OH is 2. The highest BCUT2D eigenvalue weighted by Gasteiger charge is 2.66. The number of ether oxygens (including phenoxy) is 4. The van der Waals surface area contributed by atoms with Crippen LogP contribution in [-0.4, -0.2) is 83.9 Å². The molecule has 0 bridgehead atoms. The minimum absolute atomic E-state index is 0.0204. The number of amides is 2. The van der Waals surface area contributed by atoms with Gasteiger partial charge in [-0.3, -0.25) is 4.79 Å². The fourth-order valence-electron chi connectivity index (χ4n) is 12.1. The molecule has 12 heteroatoms. The monoisotopic (exact) mass is 990 g/mol. The van der Waals surface area contributed by atoms with Crippen LogP contribution >= 0.6 is 0 Å². The third-order valence-electron chi connectivity index (χ3n) is 15.9. The molecule has 3 aliphatic carbocycles. The molecule has 3 fully saturated rings. The molecule has 8 rings (SSSR count). The summed E-state index contributed by atoms with van der Waals surface area (Å²) in [4.78, 5) is 37.1. The lowest BCUT2D eigenvalue weighted by Crippen LogP contribution is -2.70. The fourth-order valence-corrected chi connectivity index (χ4v) is 12.1. The third-order valence-corrected chi connectivity index (χ3v) is 15.9. The van der Waals surface area contributed by atoms with Gasteiger partial charge in [-0.05, 0) is 110 Å². The van der Waals surface area contributed by atoms with Gasteiger partial charge in [-0.2, -0.15) is 0 Å². The molecule has 1 saturated heterocycles. The van der Waals surface area contributed by atoms with Crippen molar-refractivity contribution in [2.24, 2.45) is 28.8 Å². The average molecular weight is 990 g/mol. The van der Waals surface area contributed by atoms with Gasteiger partial charge in [-0.15, -0.1) is 6.58 Å². The number of hydrogen-bond acceptors (Lipinski definition) is 10. The first-order valence-corrected chi connectivity index (χ1v) is 28.0. The SMILES string of the molecule is C=CCOC12Oc3ccc(OC(=O)NCCCCCCCCCCCC)cc3C3C(CCCCO)C(CCCCO)C=C(C(=NOC4CCCCO4)CC1N(Cc1cccc4ccccc14)C(=O)C1CC1)C32. The molecule has 0 radical (unpaired) electrons. The fraction of sp³-hybridized carbons (Fsp3) is 0.617. The zero-order valence-electron chi connectivity index (χ0n) is 43.1. The van der Waals surface area contributed by atoms with Gasteiger partial charge in [-0.1, -0.05) is 137 Å². The van der Waals surface area contributed by atoms with Crippen molar-refractivity contribution in [3.63, 3.8) is 0 Å². The van der Waals surface area contributed by atoms with Crippen LogP contribution in [-0.2, 0) is 25.7 Å². The Labute approximate surface area is 428 Å². The van der Waals surface area contributed by atoms with Gasteiger partial charge in [0.1, 0.15) is 17.5 Å². The lowest BCUT2D eigenvalue weighted by molar-refractivity contribution is -0.258. The molecule has 3 N–H and O–H groups in total. The lowest BCUT2D eigenvalue weighted by atomic mass is 9.55. The Morgan fingerprint density at radius 3 is 2.36 bits per heavy atom. The number of allylic oxidation sites excluding steroid dienone is 1. The molecule has 2 amide bonds. The van der Waals surface area contributed by atoms with E-state index < -0.39 is 30.1 Å². The van der Waals surface area contributed by atoms with Crippen LogP contribution in [0.1, 0.15) is 165 Å². The second-order valence-corrected chi connectivity index (χ2v) is 21.1. The minimum atomic E-state index is -1.41. The smallest absolute Gasteiger partial charge is 0.412 e. The molecule has 3 aromatic rings. The quantitative estimate of drug-likeness (QED) is 0.0351. The molecule has 2 heterocycles. The summed E-state index contributed by atoms with van der Waals surface area (Å²) in [6.07, 6.45) is 24.5. The van der Waals surface area contributed by atoms with Gasteiger partial charge in [0.15, 0.2) is 0 Å². The molecule has 72 heavy (non-hydrogen) atoms. The van der Waals surface area contributed by atoms with Crippen LogP contribution in [0.4, 0.5) is 4.79 Å². The number of unbranched alkanes of at least 4 members (excludes halogenated alkanes) is 11. The highest BCUT2D eigenvalue weighted by atomic mass is 16.8. The summed E-state index contributed by atoms with van der Waals surface area (Å²) in [5, 5.41) is 30.4. The number of carbonyl (C=O) groups is 2. The topological polar surface area (TPSA) is 148 Å². The summed E-state index contributed by atoms with van der Waals surface area (Å²) in [7, 11) is 0. The van der Waals surface area contributed by atoms with Crippen molar-refractivity contribution >= 4 is 28.5 Å². The molecule has 2 aliphatic heterocycles. The van der Waals surface area contributed by atoms with E-state index in [0.29, 0.717) is 50.5 Å². The molecule has 0 spiro atoms. The zero-order chi connectivity index (χ0) is 50.1. The van der Waals surface area contributed by atoms with Crippen molar-refractivity contribution in [3.8, 4) is 11.5 Å². The van der Waals surface area contributed by atoms with Crippen molar-refractivity contribution in [2.75, 3.05) is 33.0 Å². The van der Waals surface area contributed by atoms with Gasteiger partial charge >= 0.3 is 6.09 Å². The third kappa shape index (κ3) is 13.3. The Morgan fingerprint density at radius 1 is 0.875 bits per heavy atom.